The van der Waals surface area contributed by atoms with Gasteiger partial charge in [-0.3, -0.25) is 4.79 Å². The van der Waals surface area contributed by atoms with Crippen molar-refractivity contribution < 1.29 is 14.7 Å². The van der Waals surface area contributed by atoms with Crippen LogP contribution in [0.5, 0.6) is 0 Å². The zero-order chi connectivity index (χ0) is 12.4. The molecule has 2 heterocycles. The second-order valence-electron chi connectivity index (χ2n) is 3.95. The van der Waals surface area contributed by atoms with Crippen LogP contribution < -0.4 is 0 Å². The van der Waals surface area contributed by atoms with Crippen LogP contribution in [0.4, 0.5) is 0 Å². The third-order valence-corrected chi connectivity index (χ3v) is 4.44. The van der Waals surface area contributed by atoms with E-state index in [1.54, 1.807) is 12.1 Å². The number of nitrogens with zero attached hydrogens (tertiary/aromatic N) is 1. The zero-order valence-electron chi connectivity index (χ0n) is 9.06. The Hall–Kier alpha value is -0.880. The average molecular weight is 318 g/mol. The lowest BCUT2D eigenvalue weighted by Crippen LogP contribution is -2.47. The second kappa shape index (κ2) is 5.18. The van der Waals surface area contributed by atoms with E-state index in [1.807, 2.05) is 0 Å². The SMILES string of the molecule is O=C(O)C1CCCCN1C(=O)c1ccc(Br)s1. The normalized spacial score (nSPS) is 20.3. The highest BCUT2D eigenvalue weighted by atomic mass is 79.9. The predicted octanol–water partition coefficient (Wildman–Crippen LogP) is 2.59. The average Bonchev–Trinajstić information content (AvgIpc) is 2.75. The first-order chi connectivity index (χ1) is 8.09. The summed E-state index contributed by atoms with van der Waals surface area (Å²) in [7, 11) is 0. The Bertz CT molecular complexity index is 446. The van der Waals surface area contributed by atoms with Gasteiger partial charge in [0.05, 0.1) is 8.66 Å². The summed E-state index contributed by atoms with van der Waals surface area (Å²) in [5.41, 5.74) is 0. The minimum Gasteiger partial charge on any atom is -0.480 e. The number of likely N-dealkylation sites (tertiary alicyclic amines) is 1. The molecule has 1 fully saturated rings. The van der Waals surface area contributed by atoms with E-state index in [1.165, 1.54) is 16.2 Å². The molecule has 92 valence electrons. The molecule has 0 spiro atoms. The molecule has 1 aromatic heterocycles. The summed E-state index contributed by atoms with van der Waals surface area (Å²) in [6.07, 6.45) is 2.30. The van der Waals surface area contributed by atoms with Gasteiger partial charge in [0.2, 0.25) is 0 Å². The fourth-order valence-corrected chi connectivity index (χ4v) is 3.34. The van der Waals surface area contributed by atoms with Gasteiger partial charge in [0.25, 0.3) is 5.91 Å². The molecule has 1 aliphatic heterocycles. The molecule has 2 rings (SSSR count). The molecule has 1 aromatic rings. The standard InChI is InChI=1S/C11H12BrNO3S/c12-9-5-4-8(17-9)10(14)13-6-2-1-3-7(13)11(15)16/h4-5,7H,1-3,6H2,(H,15,16). The van der Waals surface area contributed by atoms with Crippen molar-refractivity contribution in [1.29, 1.82) is 0 Å². The van der Waals surface area contributed by atoms with E-state index in [2.05, 4.69) is 15.9 Å². The number of piperidine rings is 1. The van der Waals surface area contributed by atoms with Gasteiger partial charge in [0, 0.05) is 6.54 Å². The number of hydrogen-bond acceptors (Lipinski definition) is 3. The molecule has 1 aliphatic rings. The van der Waals surface area contributed by atoms with Crippen molar-refractivity contribution in [3.05, 3.63) is 20.8 Å². The minimum absolute atomic E-state index is 0.173. The number of halogens is 1. The Balaban J connectivity index is 2.19. The highest BCUT2D eigenvalue weighted by molar-refractivity contribution is 9.11. The summed E-state index contributed by atoms with van der Waals surface area (Å²) in [6, 6.07) is 2.86. The molecule has 0 aromatic carbocycles. The van der Waals surface area contributed by atoms with Crippen LogP contribution in [-0.2, 0) is 4.79 Å². The summed E-state index contributed by atoms with van der Waals surface area (Å²) in [6.45, 7) is 0.533. The molecule has 1 N–H and O–H groups in total. The van der Waals surface area contributed by atoms with Gasteiger partial charge in [-0.1, -0.05) is 0 Å². The fraction of sp³-hybridized carbons (Fsp3) is 0.455. The van der Waals surface area contributed by atoms with Crippen LogP contribution in [0.15, 0.2) is 15.9 Å². The van der Waals surface area contributed by atoms with Gasteiger partial charge in [-0.25, -0.2) is 4.79 Å². The Morgan fingerprint density at radius 1 is 1.41 bits per heavy atom. The van der Waals surface area contributed by atoms with Crippen LogP contribution in [0.2, 0.25) is 0 Å². The van der Waals surface area contributed by atoms with E-state index in [9.17, 15) is 9.59 Å². The van der Waals surface area contributed by atoms with Gasteiger partial charge in [0.1, 0.15) is 6.04 Å². The van der Waals surface area contributed by atoms with Crippen molar-refractivity contribution in [3.63, 3.8) is 0 Å². The highest BCUT2D eigenvalue weighted by Gasteiger charge is 2.32. The molecule has 17 heavy (non-hydrogen) atoms. The van der Waals surface area contributed by atoms with E-state index in [0.717, 1.165) is 16.6 Å². The molecule has 4 nitrogen and oxygen atoms in total. The number of hydrogen-bond donors (Lipinski definition) is 1. The smallest absolute Gasteiger partial charge is 0.326 e. The van der Waals surface area contributed by atoms with Gasteiger partial charge in [-0.05, 0) is 47.3 Å². The summed E-state index contributed by atoms with van der Waals surface area (Å²) in [4.78, 5) is 25.4. The number of amides is 1. The number of carbonyl (C=O) groups is 2. The second-order valence-corrected chi connectivity index (χ2v) is 6.42. The Morgan fingerprint density at radius 2 is 2.18 bits per heavy atom. The van der Waals surface area contributed by atoms with Crippen LogP contribution in [0.25, 0.3) is 0 Å². The van der Waals surface area contributed by atoms with Crippen LogP contribution >= 0.6 is 27.3 Å². The molecule has 0 aliphatic carbocycles. The molecule has 1 unspecified atom stereocenters. The van der Waals surface area contributed by atoms with E-state index >= 15 is 0 Å². The highest BCUT2D eigenvalue weighted by Crippen LogP contribution is 2.26. The van der Waals surface area contributed by atoms with Crippen molar-refractivity contribution in [2.24, 2.45) is 0 Å². The lowest BCUT2D eigenvalue weighted by molar-refractivity contribution is -0.143. The third-order valence-electron chi connectivity index (χ3n) is 2.83. The molecule has 6 heteroatoms. The largest absolute Gasteiger partial charge is 0.480 e. The molecule has 1 saturated heterocycles. The minimum atomic E-state index is -0.909. The van der Waals surface area contributed by atoms with E-state index < -0.39 is 12.0 Å². The van der Waals surface area contributed by atoms with Crippen molar-refractivity contribution >= 4 is 39.1 Å². The molecule has 1 atom stereocenters. The molecular formula is C11H12BrNO3S. The van der Waals surface area contributed by atoms with Crippen LogP contribution in [0.1, 0.15) is 28.9 Å². The molecule has 0 radical (unpaired) electrons. The molecule has 1 amide bonds. The summed E-state index contributed by atoms with van der Waals surface area (Å²) >= 11 is 4.64. The van der Waals surface area contributed by atoms with Crippen LogP contribution in [0, 0.1) is 0 Å². The maximum absolute atomic E-state index is 12.2. The van der Waals surface area contributed by atoms with E-state index in [4.69, 9.17) is 5.11 Å². The molecule has 0 bridgehead atoms. The number of rotatable bonds is 2. The maximum atomic E-state index is 12.2. The van der Waals surface area contributed by atoms with Crippen LogP contribution in [0.3, 0.4) is 0 Å². The number of carbonyl (C=O) groups excluding carboxylic acids is 1. The number of carboxylic acids is 1. The first kappa shape index (κ1) is 12.6. The van der Waals surface area contributed by atoms with Crippen molar-refractivity contribution in [2.75, 3.05) is 6.54 Å². The third kappa shape index (κ3) is 2.69. The number of carboxylic acid groups (broad SMARTS) is 1. The van der Waals surface area contributed by atoms with E-state index in [-0.39, 0.29) is 5.91 Å². The van der Waals surface area contributed by atoms with Gasteiger partial charge in [0.15, 0.2) is 0 Å². The monoisotopic (exact) mass is 317 g/mol. The Morgan fingerprint density at radius 3 is 2.76 bits per heavy atom. The lowest BCUT2D eigenvalue weighted by atomic mass is 10.0. The summed E-state index contributed by atoms with van der Waals surface area (Å²) in [5, 5.41) is 9.11. The van der Waals surface area contributed by atoms with Gasteiger partial charge >= 0.3 is 5.97 Å². The van der Waals surface area contributed by atoms with Crippen molar-refractivity contribution in [2.45, 2.75) is 25.3 Å². The van der Waals surface area contributed by atoms with Crippen molar-refractivity contribution in [1.82, 2.24) is 4.90 Å². The van der Waals surface area contributed by atoms with Gasteiger partial charge < -0.3 is 10.0 Å². The Labute approximate surface area is 111 Å². The number of thiophene rings is 1. The van der Waals surface area contributed by atoms with Crippen LogP contribution in [-0.4, -0.2) is 34.5 Å². The quantitative estimate of drug-likeness (QED) is 0.912. The van der Waals surface area contributed by atoms with E-state index in [0.29, 0.717) is 17.8 Å². The lowest BCUT2D eigenvalue weighted by Gasteiger charge is -2.32. The first-order valence-corrected chi connectivity index (χ1v) is 6.99. The summed E-state index contributed by atoms with van der Waals surface area (Å²) in [5.74, 6) is -1.08. The Kier molecular flexibility index (Phi) is 3.83. The predicted molar refractivity (Wildman–Crippen MR) is 68.3 cm³/mol. The van der Waals surface area contributed by atoms with Gasteiger partial charge in [-0.2, -0.15) is 0 Å². The fourth-order valence-electron chi connectivity index (χ4n) is 2.00. The maximum Gasteiger partial charge on any atom is 0.326 e. The zero-order valence-corrected chi connectivity index (χ0v) is 11.5. The topological polar surface area (TPSA) is 57.6 Å². The molecular weight excluding hydrogens is 306 g/mol. The first-order valence-electron chi connectivity index (χ1n) is 5.38. The molecule has 0 saturated carbocycles. The van der Waals surface area contributed by atoms with Gasteiger partial charge in [-0.15, -0.1) is 11.3 Å². The number of aliphatic carboxylic acids is 1. The summed E-state index contributed by atoms with van der Waals surface area (Å²) < 4.78 is 0.879. The van der Waals surface area contributed by atoms with Crippen molar-refractivity contribution in [3.8, 4) is 0 Å².